The third-order valence-corrected chi connectivity index (χ3v) is 2.44. The lowest BCUT2D eigenvalue weighted by atomic mass is 10.1. The molecule has 0 aliphatic rings. The van der Waals surface area contributed by atoms with Crippen molar-refractivity contribution in [3.8, 4) is 0 Å². The van der Waals surface area contributed by atoms with Crippen molar-refractivity contribution in [1.29, 1.82) is 0 Å². The summed E-state index contributed by atoms with van der Waals surface area (Å²) in [6.07, 6.45) is -2.38. The summed E-state index contributed by atoms with van der Waals surface area (Å²) in [6, 6.07) is 5.58. The molecule has 0 saturated heterocycles. The average Bonchev–Trinajstić information content (AvgIpc) is 2.26. The van der Waals surface area contributed by atoms with E-state index in [1.807, 2.05) is 26.8 Å². The van der Waals surface area contributed by atoms with Gasteiger partial charge in [-0.1, -0.05) is 37.6 Å². The minimum Gasteiger partial charge on any atom is -0.311 e. The van der Waals surface area contributed by atoms with Gasteiger partial charge in [0, 0.05) is 12.6 Å². The summed E-state index contributed by atoms with van der Waals surface area (Å²) in [5.74, 6) is 0. The van der Waals surface area contributed by atoms with Gasteiger partial charge in [0.05, 0.1) is 5.56 Å². The first-order valence-corrected chi connectivity index (χ1v) is 5.87. The first kappa shape index (κ1) is 14.8. The molecule has 0 radical (unpaired) electrons. The molecule has 0 atom stereocenters. The van der Waals surface area contributed by atoms with Crippen molar-refractivity contribution in [3.05, 3.63) is 41.0 Å². The standard InChI is InChI=1S/C14H18F3N/c1-10(2)18-9-11(3)8-12-4-6-13(7-5-12)14(15,16)17/h4-8,10,18H,9H2,1-3H3. The van der Waals surface area contributed by atoms with E-state index >= 15 is 0 Å². The topological polar surface area (TPSA) is 12.0 Å². The molecule has 0 aliphatic heterocycles. The average molecular weight is 257 g/mol. The van der Waals surface area contributed by atoms with Crippen molar-refractivity contribution >= 4 is 6.08 Å². The van der Waals surface area contributed by atoms with E-state index in [-0.39, 0.29) is 0 Å². The Labute approximate surface area is 106 Å². The number of alkyl halides is 3. The van der Waals surface area contributed by atoms with E-state index in [1.165, 1.54) is 12.1 Å². The zero-order valence-corrected chi connectivity index (χ0v) is 10.8. The lowest BCUT2D eigenvalue weighted by Gasteiger charge is -2.09. The van der Waals surface area contributed by atoms with E-state index < -0.39 is 11.7 Å². The summed E-state index contributed by atoms with van der Waals surface area (Å²) in [5.41, 5.74) is 1.26. The Hall–Kier alpha value is -1.29. The maximum absolute atomic E-state index is 12.4. The summed E-state index contributed by atoms with van der Waals surface area (Å²) in [7, 11) is 0. The van der Waals surface area contributed by atoms with Gasteiger partial charge < -0.3 is 5.32 Å². The Balaban J connectivity index is 2.71. The number of benzene rings is 1. The van der Waals surface area contributed by atoms with Crippen LogP contribution in [0.15, 0.2) is 29.8 Å². The molecule has 0 fully saturated rings. The fourth-order valence-electron chi connectivity index (χ4n) is 1.47. The molecule has 0 aromatic heterocycles. The second-order valence-electron chi connectivity index (χ2n) is 4.65. The van der Waals surface area contributed by atoms with E-state index in [0.29, 0.717) is 6.04 Å². The second-order valence-corrected chi connectivity index (χ2v) is 4.65. The van der Waals surface area contributed by atoms with Crippen molar-refractivity contribution in [2.45, 2.75) is 33.0 Å². The van der Waals surface area contributed by atoms with Gasteiger partial charge in [-0.25, -0.2) is 0 Å². The number of halogens is 3. The van der Waals surface area contributed by atoms with E-state index in [2.05, 4.69) is 5.32 Å². The monoisotopic (exact) mass is 257 g/mol. The molecule has 1 rings (SSSR count). The zero-order chi connectivity index (χ0) is 13.8. The molecule has 4 heteroatoms. The quantitative estimate of drug-likeness (QED) is 0.856. The van der Waals surface area contributed by atoms with Crippen LogP contribution in [0, 0.1) is 0 Å². The van der Waals surface area contributed by atoms with E-state index in [9.17, 15) is 13.2 Å². The summed E-state index contributed by atoms with van der Waals surface area (Å²) in [6.45, 7) is 6.78. The molecule has 18 heavy (non-hydrogen) atoms. The third kappa shape index (κ3) is 4.92. The predicted molar refractivity (Wildman–Crippen MR) is 68.2 cm³/mol. The molecular formula is C14H18F3N. The highest BCUT2D eigenvalue weighted by atomic mass is 19.4. The molecule has 1 N–H and O–H groups in total. The summed E-state index contributed by atoms with van der Waals surface area (Å²) in [4.78, 5) is 0. The Morgan fingerprint density at radius 2 is 1.78 bits per heavy atom. The van der Waals surface area contributed by atoms with Crippen molar-refractivity contribution < 1.29 is 13.2 Å². The molecule has 0 aliphatic carbocycles. The Morgan fingerprint density at radius 1 is 1.22 bits per heavy atom. The molecule has 0 bridgehead atoms. The molecule has 1 nitrogen and oxygen atoms in total. The Morgan fingerprint density at radius 3 is 2.22 bits per heavy atom. The van der Waals surface area contributed by atoms with Gasteiger partial charge in [0.15, 0.2) is 0 Å². The molecular weight excluding hydrogens is 239 g/mol. The smallest absolute Gasteiger partial charge is 0.311 e. The highest BCUT2D eigenvalue weighted by Gasteiger charge is 2.29. The van der Waals surface area contributed by atoms with E-state index in [1.54, 1.807) is 0 Å². The van der Waals surface area contributed by atoms with Gasteiger partial charge in [-0.2, -0.15) is 13.2 Å². The fourth-order valence-corrected chi connectivity index (χ4v) is 1.47. The first-order chi connectivity index (χ1) is 8.29. The Kier molecular flexibility index (Phi) is 4.96. The predicted octanol–water partition coefficient (Wildman–Crippen LogP) is 4.11. The van der Waals surface area contributed by atoms with Crippen LogP contribution in [-0.2, 0) is 6.18 Å². The van der Waals surface area contributed by atoms with Crippen molar-refractivity contribution in [1.82, 2.24) is 5.32 Å². The number of hydrogen-bond donors (Lipinski definition) is 1. The molecule has 1 aromatic carbocycles. The van der Waals surface area contributed by atoms with E-state index in [0.717, 1.165) is 29.8 Å². The number of nitrogens with one attached hydrogen (secondary N) is 1. The van der Waals surface area contributed by atoms with Gasteiger partial charge in [0.2, 0.25) is 0 Å². The molecule has 0 saturated carbocycles. The minimum atomic E-state index is -4.27. The van der Waals surface area contributed by atoms with Crippen LogP contribution in [0.25, 0.3) is 6.08 Å². The molecule has 0 unspecified atom stereocenters. The van der Waals surface area contributed by atoms with Gasteiger partial charge in [-0.05, 0) is 24.6 Å². The van der Waals surface area contributed by atoms with Crippen LogP contribution in [0.1, 0.15) is 31.9 Å². The van der Waals surface area contributed by atoms with Crippen LogP contribution >= 0.6 is 0 Å². The maximum Gasteiger partial charge on any atom is 0.416 e. The van der Waals surface area contributed by atoms with Crippen molar-refractivity contribution in [2.75, 3.05) is 6.54 Å². The fraction of sp³-hybridized carbons (Fsp3) is 0.429. The van der Waals surface area contributed by atoms with Crippen LogP contribution in [0.3, 0.4) is 0 Å². The molecule has 0 spiro atoms. The molecule has 1 aromatic rings. The summed E-state index contributed by atoms with van der Waals surface area (Å²) >= 11 is 0. The lowest BCUT2D eigenvalue weighted by molar-refractivity contribution is -0.137. The highest BCUT2D eigenvalue weighted by Crippen LogP contribution is 2.29. The largest absolute Gasteiger partial charge is 0.416 e. The lowest BCUT2D eigenvalue weighted by Crippen LogP contribution is -2.24. The van der Waals surface area contributed by atoms with Gasteiger partial charge in [-0.3, -0.25) is 0 Å². The number of rotatable bonds is 4. The maximum atomic E-state index is 12.4. The third-order valence-electron chi connectivity index (χ3n) is 2.44. The highest BCUT2D eigenvalue weighted by molar-refractivity contribution is 5.53. The minimum absolute atomic E-state index is 0.390. The zero-order valence-electron chi connectivity index (χ0n) is 10.8. The number of hydrogen-bond acceptors (Lipinski definition) is 1. The normalized spacial score (nSPS) is 13.2. The van der Waals surface area contributed by atoms with Gasteiger partial charge >= 0.3 is 6.18 Å². The van der Waals surface area contributed by atoms with Crippen LogP contribution in [0.5, 0.6) is 0 Å². The van der Waals surface area contributed by atoms with Gasteiger partial charge in [-0.15, -0.1) is 0 Å². The second kappa shape index (κ2) is 6.05. The van der Waals surface area contributed by atoms with Crippen molar-refractivity contribution in [2.24, 2.45) is 0 Å². The van der Waals surface area contributed by atoms with Crippen LogP contribution in [0.4, 0.5) is 13.2 Å². The van der Waals surface area contributed by atoms with Crippen LogP contribution in [0.2, 0.25) is 0 Å². The SMILES string of the molecule is CC(=Cc1ccc(C(F)(F)F)cc1)CNC(C)C. The summed E-state index contributed by atoms with van der Waals surface area (Å²) in [5, 5.41) is 3.25. The van der Waals surface area contributed by atoms with Gasteiger partial charge in [0.25, 0.3) is 0 Å². The molecule has 0 amide bonds. The summed E-state index contributed by atoms with van der Waals surface area (Å²) < 4.78 is 37.1. The van der Waals surface area contributed by atoms with Crippen LogP contribution in [-0.4, -0.2) is 12.6 Å². The van der Waals surface area contributed by atoms with Gasteiger partial charge in [0.1, 0.15) is 0 Å². The molecule has 0 heterocycles. The molecule has 100 valence electrons. The first-order valence-electron chi connectivity index (χ1n) is 5.87. The Bertz CT molecular complexity index is 402. The van der Waals surface area contributed by atoms with Crippen LogP contribution < -0.4 is 5.32 Å². The van der Waals surface area contributed by atoms with Crippen molar-refractivity contribution in [3.63, 3.8) is 0 Å². The van der Waals surface area contributed by atoms with E-state index in [4.69, 9.17) is 0 Å².